The predicted molar refractivity (Wildman–Crippen MR) is 77.2 cm³/mol. The summed E-state index contributed by atoms with van der Waals surface area (Å²) in [5.74, 6) is 0. The number of aromatic nitrogens is 2. The molecule has 1 unspecified atom stereocenters. The van der Waals surface area contributed by atoms with Crippen molar-refractivity contribution in [1.82, 2.24) is 14.9 Å². The van der Waals surface area contributed by atoms with E-state index in [-0.39, 0.29) is 0 Å². The molecule has 0 spiro atoms. The molecule has 3 heteroatoms. The van der Waals surface area contributed by atoms with Gasteiger partial charge in [-0.25, -0.2) is 4.98 Å². The highest BCUT2D eigenvalue weighted by Gasteiger charge is 2.22. The van der Waals surface area contributed by atoms with Gasteiger partial charge in [-0.2, -0.15) is 0 Å². The monoisotopic (exact) mass is 255 g/mol. The lowest BCUT2D eigenvalue weighted by atomic mass is 10.0. The first-order valence-electron chi connectivity index (χ1n) is 7.08. The zero-order valence-electron chi connectivity index (χ0n) is 11.6. The minimum atomic E-state index is 0.334. The smallest absolute Gasteiger partial charge is 0.0954 e. The van der Waals surface area contributed by atoms with Gasteiger partial charge in [-0.05, 0) is 44.4 Å². The first-order valence-corrected chi connectivity index (χ1v) is 7.08. The van der Waals surface area contributed by atoms with E-state index in [0.29, 0.717) is 12.1 Å². The van der Waals surface area contributed by atoms with Gasteiger partial charge in [-0.15, -0.1) is 0 Å². The van der Waals surface area contributed by atoms with Crippen molar-refractivity contribution in [2.45, 2.75) is 38.8 Å². The summed E-state index contributed by atoms with van der Waals surface area (Å²) in [4.78, 5) is 4.37. The summed E-state index contributed by atoms with van der Waals surface area (Å²) in [6, 6.07) is 9.40. The van der Waals surface area contributed by atoms with Gasteiger partial charge in [0.2, 0.25) is 0 Å². The first kappa shape index (κ1) is 12.4. The van der Waals surface area contributed by atoms with Crippen LogP contribution in [0.15, 0.2) is 36.8 Å². The molecule has 2 atom stereocenters. The minimum Gasteiger partial charge on any atom is -0.326 e. The third-order valence-corrected chi connectivity index (χ3v) is 4.17. The summed E-state index contributed by atoms with van der Waals surface area (Å²) < 4.78 is 2.31. The van der Waals surface area contributed by atoms with Crippen molar-refractivity contribution < 1.29 is 0 Å². The van der Waals surface area contributed by atoms with Gasteiger partial charge in [0.25, 0.3) is 0 Å². The normalized spacial score (nSPS) is 20.6. The third kappa shape index (κ3) is 2.30. The van der Waals surface area contributed by atoms with E-state index in [1.165, 1.54) is 29.7 Å². The van der Waals surface area contributed by atoms with Gasteiger partial charge in [0.05, 0.1) is 18.1 Å². The maximum absolute atomic E-state index is 4.37. The molecule has 3 rings (SSSR count). The standard InChI is InChI=1S/C16H21N3/c1-12-6-3-4-7-14(12)13(2)19-11-17-10-16(19)15-8-5-9-18-15/h3-4,6-7,10-11,13,15,18H,5,8-9H2,1-2H3/t13?,15-/m0/s1. The molecule has 1 saturated heterocycles. The average Bonchev–Trinajstić information content (AvgIpc) is 3.09. The fraction of sp³-hybridized carbons (Fsp3) is 0.438. The molecule has 1 aromatic heterocycles. The van der Waals surface area contributed by atoms with Crippen molar-refractivity contribution in [3.05, 3.63) is 53.6 Å². The van der Waals surface area contributed by atoms with Gasteiger partial charge in [0.15, 0.2) is 0 Å². The Balaban J connectivity index is 1.94. The van der Waals surface area contributed by atoms with Crippen LogP contribution in [0.1, 0.15) is 48.7 Å². The van der Waals surface area contributed by atoms with E-state index >= 15 is 0 Å². The Morgan fingerprint density at radius 1 is 1.37 bits per heavy atom. The Morgan fingerprint density at radius 2 is 2.21 bits per heavy atom. The molecule has 1 aromatic carbocycles. The number of benzene rings is 1. The molecule has 0 saturated carbocycles. The largest absolute Gasteiger partial charge is 0.326 e. The van der Waals surface area contributed by atoms with Crippen molar-refractivity contribution >= 4 is 0 Å². The van der Waals surface area contributed by atoms with E-state index in [4.69, 9.17) is 0 Å². The molecule has 1 aliphatic rings. The molecule has 1 N–H and O–H groups in total. The van der Waals surface area contributed by atoms with Gasteiger partial charge in [0, 0.05) is 12.2 Å². The van der Waals surface area contributed by atoms with Crippen molar-refractivity contribution in [3.8, 4) is 0 Å². The Labute approximate surface area is 114 Å². The van der Waals surface area contributed by atoms with Gasteiger partial charge >= 0.3 is 0 Å². The Hall–Kier alpha value is -1.61. The molecule has 0 radical (unpaired) electrons. The van der Waals surface area contributed by atoms with Crippen LogP contribution in [0.2, 0.25) is 0 Å². The number of nitrogens with zero attached hydrogens (tertiary/aromatic N) is 2. The maximum Gasteiger partial charge on any atom is 0.0954 e. The van der Waals surface area contributed by atoms with E-state index in [1.54, 1.807) is 0 Å². The highest BCUT2D eigenvalue weighted by Crippen LogP contribution is 2.28. The number of aryl methyl sites for hydroxylation is 1. The van der Waals surface area contributed by atoms with E-state index in [1.807, 2.05) is 12.5 Å². The molecule has 2 heterocycles. The number of imidazole rings is 1. The molecule has 1 fully saturated rings. The van der Waals surface area contributed by atoms with E-state index in [9.17, 15) is 0 Å². The van der Waals surface area contributed by atoms with Gasteiger partial charge in [0.1, 0.15) is 0 Å². The molecule has 0 amide bonds. The van der Waals surface area contributed by atoms with Crippen LogP contribution in [0.4, 0.5) is 0 Å². The van der Waals surface area contributed by atoms with Crippen LogP contribution in [-0.4, -0.2) is 16.1 Å². The maximum atomic E-state index is 4.37. The second-order valence-electron chi connectivity index (χ2n) is 5.41. The Bertz CT molecular complexity index is 553. The second-order valence-corrected chi connectivity index (χ2v) is 5.41. The molecule has 2 aromatic rings. The van der Waals surface area contributed by atoms with Crippen LogP contribution in [0.5, 0.6) is 0 Å². The quantitative estimate of drug-likeness (QED) is 0.912. The molecule has 0 bridgehead atoms. The molecular formula is C16H21N3. The highest BCUT2D eigenvalue weighted by atomic mass is 15.1. The molecule has 1 aliphatic heterocycles. The lowest BCUT2D eigenvalue weighted by Crippen LogP contribution is -2.19. The van der Waals surface area contributed by atoms with Gasteiger partial charge in [-0.3, -0.25) is 0 Å². The minimum absolute atomic E-state index is 0.334. The molecule has 100 valence electrons. The SMILES string of the molecule is Cc1ccccc1C(C)n1cncc1[C@@H]1CCCN1. The molecule has 0 aliphatic carbocycles. The summed E-state index contributed by atoms with van der Waals surface area (Å²) in [5, 5.41) is 3.56. The topological polar surface area (TPSA) is 29.9 Å². The number of rotatable bonds is 3. The van der Waals surface area contributed by atoms with Crippen LogP contribution in [0, 0.1) is 6.92 Å². The van der Waals surface area contributed by atoms with Crippen molar-refractivity contribution in [3.63, 3.8) is 0 Å². The van der Waals surface area contributed by atoms with Gasteiger partial charge in [-0.1, -0.05) is 24.3 Å². The molecule has 19 heavy (non-hydrogen) atoms. The fourth-order valence-corrected chi connectivity index (χ4v) is 3.05. The molecular weight excluding hydrogens is 234 g/mol. The first-order chi connectivity index (χ1) is 9.27. The predicted octanol–water partition coefficient (Wildman–Crippen LogP) is 3.23. The molecule has 3 nitrogen and oxygen atoms in total. The number of hydrogen-bond acceptors (Lipinski definition) is 2. The zero-order valence-corrected chi connectivity index (χ0v) is 11.6. The summed E-state index contributed by atoms with van der Waals surface area (Å²) in [6.07, 6.45) is 6.45. The lowest BCUT2D eigenvalue weighted by molar-refractivity contribution is 0.537. The highest BCUT2D eigenvalue weighted by molar-refractivity contribution is 5.29. The van der Waals surface area contributed by atoms with Crippen LogP contribution in [0.25, 0.3) is 0 Å². The summed E-state index contributed by atoms with van der Waals surface area (Å²) in [7, 11) is 0. The Kier molecular flexibility index (Phi) is 3.38. The van der Waals surface area contributed by atoms with Crippen LogP contribution in [0.3, 0.4) is 0 Å². The van der Waals surface area contributed by atoms with E-state index in [0.717, 1.165) is 6.54 Å². The summed E-state index contributed by atoms with van der Waals surface area (Å²) in [5.41, 5.74) is 4.03. The summed E-state index contributed by atoms with van der Waals surface area (Å²) >= 11 is 0. The van der Waals surface area contributed by atoms with Gasteiger partial charge < -0.3 is 9.88 Å². The van der Waals surface area contributed by atoms with Crippen LogP contribution >= 0.6 is 0 Å². The zero-order chi connectivity index (χ0) is 13.2. The second kappa shape index (κ2) is 5.17. The van der Waals surface area contributed by atoms with Crippen molar-refractivity contribution in [1.29, 1.82) is 0 Å². The van der Waals surface area contributed by atoms with Crippen LogP contribution in [-0.2, 0) is 0 Å². The van der Waals surface area contributed by atoms with E-state index < -0.39 is 0 Å². The number of hydrogen-bond donors (Lipinski definition) is 1. The average molecular weight is 255 g/mol. The Morgan fingerprint density at radius 3 is 2.95 bits per heavy atom. The van der Waals surface area contributed by atoms with E-state index in [2.05, 4.69) is 53.0 Å². The number of nitrogens with one attached hydrogen (secondary N) is 1. The lowest BCUT2D eigenvalue weighted by Gasteiger charge is -2.21. The third-order valence-electron chi connectivity index (χ3n) is 4.17. The van der Waals surface area contributed by atoms with Crippen molar-refractivity contribution in [2.75, 3.05) is 6.54 Å². The summed E-state index contributed by atoms with van der Waals surface area (Å²) in [6.45, 7) is 5.55. The van der Waals surface area contributed by atoms with Crippen LogP contribution < -0.4 is 5.32 Å². The van der Waals surface area contributed by atoms with Crippen molar-refractivity contribution in [2.24, 2.45) is 0 Å². The fourth-order valence-electron chi connectivity index (χ4n) is 3.05.